The molecule has 28 heavy (non-hydrogen) atoms. The molecule has 0 N–H and O–H groups in total. The van der Waals surface area contributed by atoms with Gasteiger partial charge in [0, 0.05) is 17.8 Å². The first-order chi connectivity index (χ1) is 13.1. The van der Waals surface area contributed by atoms with Crippen LogP contribution in [0.5, 0.6) is 5.75 Å². The van der Waals surface area contributed by atoms with Crippen LogP contribution in [0.3, 0.4) is 0 Å². The SMILES string of the molecule is CC(C)Oc1ccc(S(C)(=O)=O)cc1C(=O)N1Cc2ccc(Cl)cc2C1C=O. The largest absolute Gasteiger partial charge is 0.490 e. The first-order valence-electron chi connectivity index (χ1n) is 8.67. The lowest BCUT2D eigenvalue weighted by molar-refractivity contribution is -0.111. The Morgan fingerprint density at radius 1 is 1.25 bits per heavy atom. The Labute approximate surface area is 169 Å². The zero-order valence-corrected chi connectivity index (χ0v) is 17.3. The van der Waals surface area contributed by atoms with E-state index < -0.39 is 21.8 Å². The monoisotopic (exact) mass is 421 g/mol. The molecule has 1 aliphatic heterocycles. The molecule has 8 heteroatoms. The van der Waals surface area contributed by atoms with Crippen LogP contribution in [0.2, 0.25) is 5.02 Å². The third kappa shape index (κ3) is 3.91. The van der Waals surface area contributed by atoms with Gasteiger partial charge in [-0.3, -0.25) is 4.79 Å². The summed E-state index contributed by atoms with van der Waals surface area (Å²) in [6, 6.07) is 8.52. The van der Waals surface area contributed by atoms with E-state index in [-0.39, 0.29) is 28.9 Å². The lowest BCUT2D eigenvalue weighted by atomic mass is 10.1. The van der Waals surface area contributed by atoms with Crippen molar-refractivity contribution in [2.75, 3.05) is 6.26 Å². The van der Waals surface area contributed by atoms with Crippen LogP contribution in [0.1, 0.15) is 41.4 Å². The molecule has 1 amide bonds. The second kappa shape index (κ2) is 7.56. The molecule has 2 aromatic carbocycles. The number of carbonyl (C=O) groups excluding carboxylic acids is 2. The number of hydrogen-bond donors (Lipinski definition) is 0. The minimum absolute atomic E-state index is 0.00867. The summed E-state index contributed by atoms with van der Waals surface area (Å²) in [5, 5.41) is 0.475. The Hall–Kier alpha value is -2.38. The highest BCUT2D eigenvalue weighted by Gasteiger charge is 2.35. The molecule has 0 saturated carbocycles. The van der Waals surface area contributed by atoms with Crippen molar-refractivity contribution < 1.29 is 22.7 Å². The van der Waals surface area contributed by atoms with Crippen molar-refractivity contribution in [2.45, 2.75) is 37.4 Å². The maximum atomic E-state index is 13.3. The molecule has 0 spiro atoms. The first kappa shape index (κ1) is 20.4. The van der Waals surface area contributed by atoms with E-state index in [1.807, 2.05) is 0 Å². The van der Waals surface area contributed by atoms with Crippen molar-refractivity contribution in [3.8, 4) is 5.75 Å². The maximum Gasteiger partial charge on any atom is 0.258 e. The fourth-order valence-electron chi connectivity index (χ4n) is 3.20. The molecule has 0 aromatic heterocycles. The molecule has 1 heterocycles. The second-order valence-electron chi connectivity index (χ2n) is 6.95. The van der Waals surface area contributed by atoms with E-state index in [4.69, 9.17) is 16.3 Å². The molecule has 148 valence electrons. The number of amides is 1. The molecule has 0 aliphatic carbocycles. The van der Waals surface area contributed by atoms with Gasteiger partial charge in [0.15, 0.2) is 9.84 Å². The number of halogens is 1. The number of sulfone groups is 1. The van der Waals surface area contributed by atoms with E-state index in [2.05, 4.69) is 0 Å². The second-order valence-corrected chi connectivity index (χ2v) is 9.41. The zero-order valence-electron chi connectivity index (χ0n) is 15.7. The topological polar surface area (TPSA) is 80.8 Å². The molecule has 6 nitrogen and oxygen atoms in total. The molecule has 0 bridgehead atoms. The van der Waals surface area contributed by atoms with Crippen molar-refractivity contribution in [3.05, 3.63) is 58.1 Å². The fraction of sp³-hybridized carbons (Fsp3) is 0.300. The molecule has 1 unspecified atom stereocenters. The van der Waals surface area contributed by atoms with Gasteiger partial charge in [-0.05, 0) is 55.3 Å². The standard InChI is InChI=1S/C20H20ClNO5S/c1-12(2)27-19-7-6-15(28(3,25)26)9-17(19)20(24)22-10-13-4-5-14(21)8-16(13)18(22)11-23/h4-9,11-12,18H,10H2,1-3H3. The molecule has 2 aromatic rings. The summed E-state index contributed by atoms with van der Waals surface area (Å²) in [5.41, 5.74) is 1.59. The minimum atomic E-state index is -3.52. The van der Waals surface area contributed by atoms with Gasteiger partial charge in [0.2, 0.25) is 0 Å². The Balaban J connectivity index is 2.07. The van der Waals surface area contributed by atoms with Crippen LogP contribution >= 0.6 is 11.6 Å². The Kier molecular flexibility index (Phi) is 5.50. The van der Waals surface area contributed by atoms with Gasteiger partial charge in [-0.25, -0.2) is 8.42 Å². The van der Waals surface area contributed by atoms with Crippen LogP contribution in [0.4, 0.5) is 0 Å². The highest BCUT2D eigenvalue weighted by Crippen LogP contribution is 2.37. The smallest absolute Gasteiger partial charge is 0.258 e. The van der Waals surface area contributed by atoms with Gasteiger partial charge in [0.05, 0.1) is 16.6 Å². The highest BCUT2D eigenvalue weighted by molar-refractivity contribution is 7.90. The van der Waals surface area contributed by atoms with Gasteiger partial charge in [-0.15, -0.1) is 0 Å². The summed E-state index contributed by atoms with van der Waals surface area (Å²) in [6.07, 6.45) is 1.54. The molecule has 0 radical (unpaired) electrons. The van der Waals surface area contributed by atoms with Crippen LogP contribution in [0, 0.1) is 0 Å². The highest BCUT2D eigenvalue weighted by atomic mass is 35.5. The summed E-state index contributed by atoms with van der Waals surface area (Å²) in [6.45, 7) is 3.83. The number of carbonyl (C=O) groups is 2. The van der Waals surface area contributed by atoms with Gasteiger partial charge < -0.3 is 14.4 Å². The van der Waals surface area contributed by atoms with Crippen LogP contribution in [0.15, 0.2) is 41.3 Å². The third-order valence-corrected chi connectivity index (χ3v) is 5.81. The Bertz CT molecular complexity index is 1050. The first-order valence-corrected chi connectivity index (χ1v) is 10.9. The van der Waals surface area contributed by atoms with E-state index in [1.165, 1.54) is 23.1 Å². The Morgan fingerprint density at radius 2 is 1.96 bits per heavy atom. The third-order valence-electron chi connectivity index (χ3n) is 4.47. The van der Waals surface area contributed by atoms with Gasteiger partial charge in [0.25, 0.3) is 5.91 Å². The van der Waals surface area contributed by atoms with Crippen LogP contribution in [-0.4, -0.2) is 37.9 Å². The number of aldehydes is 1. The van der Waals surface area contributed by atoms with Crippen molar-refractivity contribution >= 4 is 33.6 Å². The summed E-state index contributed by atoms with van der Waals surface area (Å²) >= 11 is 6.04. The molecular weight excluding hydrogens is 402 g/mol. The van der Waals surface area contributed by atoms with Crippen LogP contribution < -0.4 is 4.74 Å². The fourth-order valence-corrected chi connectivity index (χ4v) is 4.03. The Morgan fingerprint density at radius 3 is 2.57 bits per heavy atom. The van der Waals surface area contributed by atoms with E-state index in [9.17, 15) is 18.0 Å². The van der Waals surface area contributed by atoms with E-state index in [1.54, 1.807) is 32.0 Å². The van der Waals surface area contributed by atoms with Gasteiger partial charge in [0.1, 0.15) is 18.1 Å². The van der Waals surface area contributed by atoms with E-state index >= 15 is 0 Å². The molecule has 1 atom stereocenters. The quantitative estimate of drug-likeness (QED) is 0.691. The predicted molar refractivity (Wildman–Crippen MR) is 105 cm³/mol. The van der Waals surface area contributed by atoms with Crippen molar-refractivity contribution in [1.82, 2.24) is 4.90 Å². The summed E-state index contributed by atoms with van der Waals surface area (Å²) in [7, 11) is -3.52. The number of nitrogens with zero attached hydrogens (tertiary/aromatic N) is 1. The average molecular weight is 422 g/mol. The predicted octanol–water partition coefficient (Wildman–Crippen LogP) is 3.43. The number of hydrogen-bond acceptors (Lipinski definition) is 5. The van der Waals surface area contributed by atoms with Crippen molar-refractivity contribution in [2.24, 2.45) is 0 Å². The number of benzene rings is 2. The van der Waals surface area contributed by atoms with Crippen LogP contribution in [-0.2, 0) is 21.2 Å². The van der Waals surface area contributed by atoms with Gasteiger partial charge >= 0.3 is 0 Å². The lowest BCUT2D eigenvalue weighted by Crippen LogP contribution is -2.31. The van der Waals surface area contributed by atoms with Crippen molar-refractivity contribution in [3.63, 3.8) is 0 Å². The van der Waals surface area contributed by atoms with E-state index in [0.29, 0.717) is 16.9 Å². The maximum absolute atomic E-state index is 13.3. The number of ether oxygens (including phenoxy) is 1. The summed E-state index contributed by atoms with van der Waals surface area (Å²) in [5.74, 6) is -0.211. The number of fused-ring (bicyclic) bond motifs is 1. The normalized spacial score (nSPS) is 16.2. The molecule has 1 aliphatic rings. The molecule has 0 saturated heterocycles. The minimum Gasteiger partial charge on any atom is -0.490 e. The lowest BCUT2D eigenvalue weighted by Gasteiger charge is -2.23. The van der Waals surface area contributed by atoms with Gasteiger partial charge in [-0.2, -0.15) is 0 Å². The summed E-state index contributed by atoms with van der Waals surface area (Å²) in [4.78, 5) is 26.5. The molecule has 3 rings (SSSR count). The van der Waals surface area contributed by atoms with Crippen LogP contribution in [0.25, 0.3) is 0 Å². The number of rotatable bonds is 5. The van der Waals surface area contributed by atoms with Gasteiger partial charge in [-0.1, -0.05) is 17.7 Å². The zero-order chi connectivity index (χ0) is 20.6. The van der Waals surface area contributed by atoms with E-state index in [0.717, 1.165) is 11.8 Å². The molecular formula is C20H20ClNO5S. The summed E-state index contributed by atoms with van der Waals surface area (Å²) < 4.78 is 29.6. The average Bonchev–Trinajstić information content (AvgIpc) is 2.97. The molecule has 0 fully saturated rings. The van der Waals surface area contributed by atoms with Crippen molar-refractivity contribution in [1.29, 1.82) is 0 Å².